The number of aromatic nitrogens is 1. The smallest absolute Gasteiger partial charge is 0.289 e. The van der Waals surface area contributed by atoms with Gasteiger partial charge in [-0.2, -0.15) is 4.98 Å². The van der Waals surface area contributed by atoms with Crippen LogP contribution >= 0.6 is 11.3 Å². The van der Waals surface area contributed by atoms with Crippen molar-refractivity contribution in [3.63, 3.8) is 0 Å². The predicted molar refractivity (Wildman–Crippen MR) is 93.7 cm³/mol. The van der Waals surface area contributed by atoms with Gasteiger partial charge in [0.1, 0.15) is 6.67 Å². The summed E-state index contributed by atoms with van der Waals surface area (Å²) >= 11 is 1.52. The maximum atomic E-state index is 13.6. The molecule has 1 saturated heterocycles. The summed E-state index contributed by atoms with van der Waals surface area (Å²) in [5.41, 5.74) is 2.00. The lowest BCUT2D eigenvalue weighted by Crippen LogP contribution is -2.60. The molecule has 1 fully saturated rings. The van der Waals surface area contributed by atoms with E-state index in [1.807, 2.05) is 20.0 Å². The molecule has 1 aromatic heterocycles. The first kappa shape index (κ1) is 15.8. The topological polar surface area (TPSA) is 51.2 Å². The lowest BCUT2D eigenvalue weighted by atomic mass is 10.1. The summed E-state index contributed by atoms with van der Waals surface area (Å²) < 4.78 is 0.671. The molecular formula is C16H24N4OS. The van der Waals surface area contributed by atoms with Gasteiger partial charge >= 0.3 is 0 Å². The van der Waals surface area contributed by atoms with Crippen molar-refractivity contribution in [3.05, 3.63) is 29.0 Å². The standard InChI is InChI=1S/C16H24N4OS/c1-11-6-7-13-12(8-11)17-15(22-13)20(21)10-19(5)9-14(20)18-16(2,3)4/h6-8,14,18H,9-10H2,1-5H3. The highest BCUT2D eigenvalue weighted by atomic mass is 32.1. The number of nitrogens with zero attached hydrogens (tertiary/aromatic N) is 3. The Labute approximate surface area is 135 Å². The molecule has 3 rings (SSSR count). The van der Waals surface area contributed by atoms with Crippen molar-refractivity contribution in [3.8, 4) is 0 Å². The largest absolute Gasteiger partial charge is 0.623 e. The fourth-order valence-electron chi connectivity index (χ4n) is 2.97. The van der Waals surface area contributed by atoms with Crippen molar-refractivity contribution in [2.75, 3.05) is 20.3 Å². The molecule has 0 radical (unpaired) electrons. The highest BCUT2D eigenvalue weighted by Crippen LogP contribution is 2.37. The molecular weight excluding hydrogens is 296 g/mol. The molecule has 2 heterocycles. The Hall–Kier alpha value is -1.05. The summed E-state index contributed by atoms with van der Waals surface area (Å²) in [7, 11) is 1.99. The number of quaternary nitrogens is 1. The van der Waals surface area contributed by atoms with Crippen LogP contribution in [0.25, 0.3) is 10.2 Å². The van der Waals surface area contributed by atoms with Crippen LogP contribution < -0.4 is 9.96 Å². The molecule has 1 aromatic carbocycles. The van der Waals surface area contributed by atoms with Crippen LogP contribution in [0.5, 0.6) is 0 Å². The highest BCUT2D eigenvalue weighted by molar-refractivity contribution is 7.22. The monoisotopic (exact) mass is 320 g/mol. The van der Waals surface area contributed by atoms with E-state index in [-0.39, 0.29) is 11.7 Å². The van der Waals surface area contributed by atoms with E-state index in [0.717, 1.165) is 16.8 Å². The first-order valence-electron chi connectivity index (χ1n) is 7.60. The third kappa shape index (κ3) is 2.89. The third-order valence-electron chi connectivity index (χ3n) is 3.89. The van der Waals surface area contributed by atoms with Gasteiger partial charge in [-0.15, -0.1) is 0 Å². The summed E-state index contributed by atoms with van der Waals surface area (Å²) in [6.07, 6.45) is -0.188. The lowest BCUT2D eigenvalue weighted by molar-refractivity contribution is 0.243. The SMILES string of the molecule is Cc1ccc2sc([N+]3([O-])CN(C)CC3NC(C)(C)C)nc2c1. The molecule has 2 aromatic rings. The van der Waals surface area contributed by atoms with Crippen LogP contribution in [0.1, 0.15) is 26.3 Å². The molecule has 1 aliphatic heterocycles. The Morgan fingerprint density at radius 3 is 2.82 bits per heavy atom. The van der Waals surface area contributed by atoms with E-state index in [1.54, 1.807) is 0 Å². The summed E-state index contributed by atoms with van der Waals surface area (Å²) in [4.78, 5) is 6.73. The van der Waals surface area contributed by atoms with Crippen molar-refractivity contribution in [1.82, 2.24) is 19.8 Å². The van der Waals surface area contributed by atoms with E-state index < -0.39 is 4.65 Å². The maximum Gasteiger partial charge on any atom is 0.289 e. The van der Waals surface area contributed by atoms with Crippen LogP contribution in [-0.4, -0.2) is 41.8 Å². The number of thiazole rings is 1. The first-order chi connectivity index (χ1) is 10.2. The number of likely N-dealkylation sites (N-methyl/N-ethyl adjacent to an activating group) is 1. The number of aryl methyl sites for hydroxylation is 1. The van der Waals surface area contributed by atoms with Gasteiger partial charge in [-0.1, -0.05) is 17.4 Å². The molecule has 2 unspecified atom stereocenters. The molecule has 2 atom stereocenters. The zero-order valence-electron chi connectivity index (χ0n) is 13.9. The van der Waals surface area contributed by atoms with Gasteiger partial charge in [0.25, 0.3) is 5.13 Å². The minimum Gasteiger partial charge on any atom is -0.623 e. The molecule has 0 spiro atoms. The molecule has 0 bridgehead atoms. The number of nitrogens with one attached hydrogen (secondary N) is 1. The Bertz CT molecular complexity index is 693. The van der Waals surface area contributed by atoms with Crippen LogP contribution in [0.15, 0.2) is 18.2 Å². The minimum atomic E-state index is -0.411. The van der Waals surface area contributed by atoms with E-state index in [4.69, 9.17) is 0 Å². The summed E-state index contributed by atoms with van der Waals surface area (Å²) in [5.74, 6) is 0. The Kier molecular flexibility index (Phi) is 3.78. The number of hydrogen-bond acceptors (Lipinski definition) is 5. The minimum absolute atomic E-state index is 0.100. The van der Waals surface area contributed by atoms with Crippen LogP contribution in [0.2, 0.25) is 0 Å². The zero-order chi connectivity index (χ0) is 16.1. The van der Waals surface area contributed by atoms with Crippen LogP contribution in [0.4, 0.5) is 5.13 Å². The third-order valence-corrected chi connectivity index (χ3v) is 5.04. The summed E-state index contributed by atoms with van der Waals surface area (Å²) in [6, 6.07) is 6.18. The summed E-state index contributed by atoms with van der Waals surface area (Å²) in [6.45, 7) is 9.50. The Morgan fingerprint density at radius 1 is 1.41 bits per heavy atom. The lowest BCUT2D eigenvalue weighted by Gasteiger charge is -2.42. The van der Waals surface area contributed by atoms with Crippen molar-refractivity contribution >= 4 is 26.7 Å². The van der Waals surface area contributed by atoms with Gasteiger partial charge < -0.3 is 5.21 Å². The molecule has 0 amide bonds. The van der Waals surface area contributed by atoms with Gasteiger partial charge in [0.2, 0.25) is 0 Å². The van der Waals surface area contributed by atoms with E-state index in [0.29, 0.717) is 11.8 Å². The number of benzene rings is 1. The van der Waals surface area contributed by atoms with E-state index in [2.05, 4.69) is 48.1 Å². The molecule has 5 nitrogen and oxygen atoms in total. The van der Waals surface area contributed by atoms with E-state index in [9.17, 15) is 5.21 Å². The van der Waals surface area contributed by atoms with Crippen molar-refractivity contribution < 1.29 is 0 Å². The number of rotatable bonds is 2. The van der Waals surface area contributed by atoms with Gasteiger partial charge in [-0.25, -0.2) is 0 Å². The van der Waals surface area contributed by atoms with Crippen molar-refractivity contribution in [2.45, 2.75) is 39.4 Å². The molecule has 22 heavy (non-hydrogen) atoms. The van der Waals surface area contributed by atoms with Crippen LogP contribution in [0.3, 0.4) is 0 Å². The second-order valence-electron chi connectivity index (χ2n) is 7.35. The Morgan fingerprint density at radius 2 is 2.14 bits per heavy atom. The van der Waals surface area contributed by atoms with E-state index >= 15 is 0 Å². The molecule has 0 aliphatic carbocycles. The second-order valence-corrected chi connectivity index (χ2v) is 8.36. The second kappa shape index (κ2) is 5.25. The first-order valence-corrected chi connectivity index (χ1v) is 8.42. The zero-order valence-corrected chi connectivity index (χ0v) is 14.7. The summed E-state index contributed by atoms with van der Waals surface area (Å²) in [5, 5.41) is 17.7. The quantitative estimate of drug-likeness (QED) is 0.682. The van der Waals surface area contributed by atoms with Crippen LogP contribution in [-0.2, 0) is 0 Å². The van der Waals surface area contributed by atoms with Crippen molar-refractivity contribution in [2.24, 2.45) is 0 Å². The van der Waals surface area contributed by atoms with E-state index in [1.165, 1.54) is 16.9 Å². The van der Waals surface area contributed by atoms with Gasteiger partial charge in [-0.05, 0) is 52.4 Å². The average molecular weight is 320 g/mol. The van der Waals surface area contributed by atoms with Gasteiger partial charge in [0.15, 0.2) is 6.17 Å². The molecule has 1 aliphatic rings. The van der Waals surface area contributed by atoms with Gasteiger partial charge in [0.05, 0.1) is 16.8 Å². The van der Waals surface area contributed by atoms with Crippen LogP contribution in [0, 0.1) is 12.1 Å². The normalized spacial score (nSPS) is 26.9. The Balaban J connectivity index is 2.01. The molecule has 6 heteroatoms. The fraction of sp³-hybridized carbons (Fsp3) is 0.562. The molecule has 120 valence electrons. The number of fused-ring (bicyclic) bond motifs is 1. The number of hydroxylamine groups is 2. The molecule has 0 saturated carbocycles. The van der Waals surface area contributed by atoms with Gasteiger partial charge in [-0.3, -0.25) is 14.9 Å². The maximum absolute atomic E-state index is 13.6. The average Bonchev–Trinajstić information content (AvgIpc) is 2.90. The highest BCUT2D eigenvalue weighted by Gasteiger charge is 2.43. The predicted octanol–water partition coefficient (Wildman–Crippen LogP) is 3.03. The fourth-order valence-corrected chi connectivity index (χ4v) is 4.00. The van der Waals surface area contributed by atoms with Crippen molar-refractivity contribution in [1.29, 1.82) is 0 Å². The number of hydrogen-bond donors (Lipinski definition) is 1. The molecule has 1 N–H and O–H groups in total. The van der Waals surface area contributed by atoms with Gasteiger partial charge in [0, 0.05) is 5.54 Å².